The summed E-state index contributed by atoms with van der Waals surface area (Å²) < 4.78 is 2.32. The Balaban J connectivity index is 1.17. The molecule has 2 saturated heterocycles. The Morgan fingerprint density at radius 2 is 1.93 bits per heavy atom. The SMILES string of the molecule is CN(Cc1ncc[nH]1)Cc1nccn1CCCCN1CCC2(CCNCC2)C1. The molecule has 4 rings (SSSR count). The van der Waals surface area contributed by atoms with E-state index in [0.717, 1.165) is 31.3 Å². The summed E-state index contributed by atoms with van der Waals surface area (Å²) in [7, 11) is 2.12. The van der Waals surface area contributed by atoms with Gasteiger partial charge in [-0.15, -0.1) is 0 Å². The molecule has 1 spiro atoms. The number of piperidine rings is 1. The van der Waals surface area contributed by atoms with Crippen molar-refractivity contribution in [3.8, 4) is 0 Å². The van der Waals surface area contributed by atoms with Gasteiger partial charge < -0.3 is 19.8 Å². The van der Waals surface area contributed by atoms with E-state index in [4.69, 9.17) is 0 Å². The smallest absolute Gasteiger partial charge is 0.122 e. The zero-order valence-corrected chi connectivity index (χ0v) is 17.2. The third-order valence-electron chi connectivity index (χ3n) is 6.49. The van der Waals surface area contributed by atoms with Crippen molar-refractivity contribution in [2.24, 2.45) is 5.41 Å². The minimum absolute atomic E-state index is 0.626. The van der Waals surface area contributed by atoms with E-state index >= 15 is 0 Å². The third-order valence-corrected chi connectivity index (χ3v) is 6.49. The van der Waals surface area contributed by atoms with Crippen LogP contribution >= 0.6 is 0 Å². The highest BCUT2D eigenvalue weighted by atomic mass is 15.2. The maximum absolute atomic E-state index is 4.57. The first-order valence-corrected chi connectivity index (χ1v) is 10.8. The number of likely N-dealkylation sites (tertiary alicyclic amines) is 1. The molecule has 0 saturated carbocycles. The molecule has 7 heteroatoms. The monoisotopic (exact) mass is 385 g/mol. The first-order valence-electron chi connectivity index (χ1n) is 10.8. The van der Waals surface area contributed by atoms with Crippen LogP contribution in [0, 0.1) is 5.41 Å². The summed E-state index contributed by atoms with van der Waals surface area (Å²) in [5.74, 6) is 2.14. The van der Waals surface area contributed by atoms with Gasteiger partial charge in [0, 0.05) is 37.9 Å². The molecule has 4 heterocycles. The van der Waals surface area contributed by atoms with Crippen LogP contribution in [0.3, 0.4) is 0 Å². The molecule has 2 fully saturated rings. The number of aromatic amines is 1. The number of imidazole rings is 2. The van der Waals surface area contributed by atoms with Gasteiger partial charge >= 0.3 is 0 Å². The second-order valence-corrected chi connectivity index (χ2v) is 8.73. The van der Waals surface area contributed by atoms with E-state index in [1.54, 1.807) is 6.20 Å². The van der Waals surface area contributed by atoms with E-state index in [1.165, 1.54) is 64.8 Å². The number of nitrogens with zero attached hydrogens (tertiary/aromatic N) is 5. The van der Waals surface area contributed by atoms with Gasteiger partial charge in [0.05, 0.1) is 13.1 Å². The fraction of sp³-hybridized carbons (Fsp3) is 0.714. The maximum atomic E-state index is 4.57. The van der Waals surface area contributed by atoms with E-state index < -0.39 is 0 Å². The van der Waals surface area contributed by atoms with Crippen LogP contribution in [0.1, 0.15) is 43.8 Å². The number of H-pyrrole nitrogens is 1. The second kappa shape index (κ2) is 9.20. The Morgan fingerprint density at radius 1 is 1.07 bits per heavy atom. The van der Waals surface area contributed by atoms with Crippen molar-refractivity contribution in [1.82, 2.24) is 34.6 Å². The van der Waals surface area contributed by atoms with Crippen LogP contribution in [0.25, 0.3) is 0 Å². The summed E-state index contributed by atoms with van der Waals surface area (Å²) in [5.41, 5.74) is 0.626. The largest absolute Gasteiger partial charge is 0.348 e. The minimum Gasteiger partial charge on any atom is -0.348 e. The molecule has 0 atom stereocenters. The number of aryl methyl sites for hydroxylation is 1. The molecule has 0 radical (unpaired) electrons. The molecule has 2 aliphatic rings. The van der Waals surface area contributed by atoms with Crippen LogP contribution < -0.4 is 5.32 Å². The van der Waals surface area contributed by atoms with Crippen LogP contribution in [-0.2, 0) is 19.6 Å². The second-order valence-electron chi connectivity index (χ2n) is 8.73. The molecule has 7 nitrogen and oxygen atoms in total. The van der Waals surface area contributed by atoms with E-state index in [1.807, 2.05) is 12.4 Å². The van der Waals surface area contributed by atoms with Crippen molar-refractivity contribution in [2.45, 2.75) is 51.7 Å². The Bertz CT molecular complexity index is 702. The zero-order chi connectivity index (χ0) is 19.2. The fourth-order valence-electron chi connectivity index (χ4n) is 4.83. The summed E-state index contributed by atoms with van der Waals surface area (Å²) in [6.07, 6.45) is 14.4. The molecule has 2 aromatic rings. The predicted molar refractivity (Wildman–Crippen MR) is 111 cm³/mol. The molecule has 2 aliphatic heterocycles. The average molecular weight is 386 g/mol. The standard InChI is InChI=1S/C21H35N7/c1-26(16-19-23-9-10-24-19)17-20-25-11-15-28(20)13-3-2-12-27-14-6-21(18-27)4-7-22-8-5-21/h9-11,15,22H,2-8,12-14,16-18H2,1H3,(H,23,24). The summed E-state index contributed by atoms with van der Waals surface area (Å²) in [6, 6.07) is 0. The van der Waals surface area contributed by atoms with E-state index in [0.29, 0.717) is 5.41 Å². The van der Waals surface area contributed by atoms with Crippen molar-refractivity contribution in [1.29, 1.82) is 0 Å². The molecule has 0 unspecified atom stereocenters. The fourth-order valence-corrected chi connectivity index (χ4v) is 4.83. The third kappa shape index (κ3) is 5.01. The highest BCUT2D eigenvalue weighted by molar-refractivity contribution is 4.95. The Kier molecular flexibility index (Phi) is 6.44. The van der Waals surface area contributed by atoms with Crippen LogP contribution in [0.4, 0.5) is 0 Å². The average Bonchev–Trinajstić information content (AvgIpc) is 3.43. The van der Waals surface area contributed by atoms with Gasteiger partial charge in [-0.25, -0.2) is 9.97 Å². The van der Waals surface area contributed by atoms with Gasteiger partial charge in [-0.3, -0.25) is 4.90 Å². The van der Waals surface area contributed by atoms with E-state index in [9.17, 15) is 0 Å². The Hall–Kier alpha value is -1.70. The molecule has 0 amide bonds. The molecule has 0 aliphatic carbocycles. The molecular weight excluding hydrogens is 350 g/mol. The van der Waals surface area contributed by atoms with Crippen molar-refractivity contribution >= 4 is 0 Å². The summed E-state index contributed by atoms with van der Waals surface area (Å²) >= 11 is 0. The van der Waals surface area contributed by atoms with Crippen molar-refractivity contribution < 1.29 is 0 Å². The van der Waals surface area contributed by atoms with Gasteiger partial charge in [0.25, 0.3) is 0 Å². The van der Waals surface area contributed by atoms with Crippen molar-refractivity contribution in [3.63, 3.8) is 0 Å². The highest BCUT2D eigenvalue weighted by Crippen LogP contribution is 2.38. The minimum atomic E-state index is 0.626. The predicted octanol–water partition coefficient (Wildman–Crippen LogP) is 2.09. The number of hydrogen-bond acceptors (Lipinski definition) is 5. The summed E-state index contributed by atoms with van der Waals surface area (Å²) in [5, 5.41) is 3.51. The lowest BCUT2D eigenvalue weighted by molar-refractivity contribution is 0.195. The van der Waals surface area contributed by atoms with Crippen molar-refractivity contribution in [2.75, 3.05) is 39.8 Å². The molecule has 154 valence electrons. The topological polar surface area (TPSA) is 65.0 Å². The zero-order valence-electron chi connectivity index (χ0n) is 17.2. The molecule has 28 heavy (non-hydrogen) atoms. The molecule has 2 aromatic heterocycles. The molecule has 0 aromatic carbocycles. The summed E-state index contributed by atoms with van der Waals surface area (Å²) in [6.45, 7) is 9.01. The molecule has 2 N–H and O–H groups in total. The van der Waals surface area contributed by atoms with Gasteiger partial charge in [0.15, 0.2) is 0 Å². The normalized spacial score (nSPS) is 19.8. The lowest BCUT2D eigenvalue weighted by atomic mass is 9.78. The van der Waals surface area contributed by atoms with Gasteiger partial charge in [-0.05, 0) is 70.7 Å². The number of nitrogens with one attached hydrogen (secondary N) is 2. The lowest BCUT2D eigenvalue weighted by Gasteiger charge is -2.33. The molecular formula is C21H35N7. The van der Waals surface area contributed by atoms with Gasteiger partial charge in [-0.2, -0.15) is 0 Å². The van der Waals surface area contributed by atoms with E-state index in [-0.39, 0.29) is 0 Å². The Morgan fingerprint density at radius 3 is 2.75 bits per heavy atom. The van der Waals surface area contributed by atoms with Crippen LogP contribution in [-0.4, -0.2) is 69.1 Å². The molecule has 0 bridgehead atoms. The van der Waals surface area contributed by atoms with Crippen LogP contribution in [0.15, 0.2) is 24.8 Å². The number of hydrogen-bond donors (Lipinski definition) is 2. The van der Waals surface area contributed by atoms with Crippen LogP contribution in [0.2, 0.25) is 0 Å². The highest BCUT2D eigenvalue weighted by Gasteiger charge is 2.38. The van der Waals surface area contributed by atoms with Crippen LogP contribution in [0.5, 0.6) is 0 Å². The maximum Gasteiger partial charge on any atom is 0.122 e. The van der Waals surface area contributed by atoms with Gasteiger partial charge in [0.2, 0.25) is 0 Å². The van der Waals surface area contributed by atoms with E-state index in [2.05, 4.69) is 47.9 Å². The Labute approximate surface area is 168 Å². The van der Waals surface area contributed by atoms with Gasteiger partial charge in [-0.1, -0.05) is 0 Å². The van der Waals surface area contributed by atoms with Gasteiger partial charge in [0.1, 0.15) is 11.6 Å². The lowest BCUT2D eigenvalue weighted by Crippen LogP contribution is -2.38. The first-order chi connectivity index (χ1) is 13.7. The summed E-state index contributed by atoms with van der Waals surface area (Å²) in [4.78, 5) is 17.0. The van der Waals surface area contributed by atoms with Crippen molar-refractivity contribution in [3.05, 3.63) is 36.4 Å². The number of aromatic nitrogens is 4. The quantitative estimate of drug-likeness (QED) is 0.647. The first kappa shape index (κ1) is 19.6. The number of rotatable bonds is 9. The number of unbranched alkanes of at least 4 members (excludes halogenated alkanes) is 1.